The molecular weight excluding hydrogens is 226 g/mol. The van der Waals surface area contributed by atoms with Crippen LogP contribution in [0.4, 0.5) is 5.69 Å². The smallest absolute Gasteiger partial charge is 0.231 e. The van der Waals surface area contributed by atoms with E-state index in [1.54, 1.807) is 18.3 Å². The highest BCUT2D eigenvalue weighted by Gasteiger charge is 2.23. The first-order valence-electron chi connectivity index (χ1n) is 5.02. The van der Waals surface area contributed by atoms with Crippen LogP contribution in [0.3, 0.4) is 0 Å². The number of pyridine rings is 1. The number of hydrogen-bond donors (Lipinski definition) is 2. The van der Waals surface area contributed by atoms with E-state index in [2.05, 4.69) is 10.3 Å². The zero-order valence-electron chi connectivity index (χ0n) is 8.56. The molecule has 0 radical (unpaired) electrons. The predicted molar refractivity (Wildman–Crippen MR) is 63.1 cm³/mol. The van der Waals surface area contributed by atoms with E-state index in [1.165, 1.54) is 0 Å². The summed E-state index contributed by atoms with van der Waals surface area (Å²) < 4.78 is 0. The van der Waals surface area contributed by atoms with E-state index in [-0.39, 0.29) is 17.9 Å². The zero-order valence-corrected chi connectivity index (χ0v) is 9.32. The topological polar surface area (TPSA) is 68.0 Å². The third-order valence-corrected chi connectivity index (χ3v) is 2.77. The maximum atomic E-state index is 11.8. The van der Waals surface area contributed by atoms with Gasteiger partial charge in [0.05, 0.1) is 11.6 Å². The van der Waals surface area contributed by atoms with Gasteiger partial charge in [0.1, 0.15) is 0 Å². The van der Waals surface area contributed by atoms with E-state index >= 15 is 0 Å². The molecule has 1 aromatic heterocycles. The quantitative estimate of drug-likeness (QED) is 0.606. The van der Waals surface area contributed by atoms with Crippen molar-refractivity contribution in [1.82, 2.24) is 4.98 Å². The maximum Gasteiger partial charge on any atom is 0.231 e. The van der Waals surface area contributed by atoms with Gasteiger partial charge in [-0.15, -0.1) is 0 Å². The van der Waals surface area contributed by atoms with Gasteiger partial charge in [-0.2, -0.15) is 0 Å². The largest absolute Gasteiger partial charge is 0.324 e. The standard InChI is InChI=1S/C11H12ClN3O/c12-10-9(2-1-5-14-10)15-11(16)7-3-4-8(13)6-7/h1-5,7-8H,6,13H2,(H,15,16). The molecule has 4 nitrogen and oxygen atoms in total. The lowest BCUT2D eigenvalue weighted by Crippen LogP contribution is -2.24. The number of halogens is 1. The molecule has 1 aliphatic rings. The number of aromatic nitrogens is 1. The Morgan fingerprint density at radius 3 is 3.00 bits per heavy atom. The summed E-state index contributed by atoms with van der Waals surface area (Å²) in [6.07, 6.45) is 5.88. The van der Waals surface area contributed by atoms with Gasteiger partial charge in [-0.25, -0.2) is 4.98 Å². The summed E-state index contributed by atoms with van der Waals surface area (Å²) in [5.74, 6) is -0.273. The molecule has 2 unspecified atom stereocenters. The Bertz CT molecular complexity index is 433. The van der Waals surface area contributed by atoms with Crippen molar-refractivity contribution in [2.24, 2.45) is 11.7 Å². The molecule has 1 heterocycles. The number of carbonyl (C=O) groups excluding carboxylic acids is 1. The summed E-state index contributed by atoms with van der Waals surface area (Å²) in [6, 6.07) is 3.41. The van der Waals surface area contributed by atoms with Gasteiger partial charge in [0, 0.05) is 12.2 Å². The van der Waals surface area contributed by atoms with Crippen molar-refractivity contribution in [1.29, 1.82) is 0 Å². The molecule has 1 aromatic rings. The van der Waals surface area contributed by atoms with E-state index in [9.17, 15) is 4.79 Å². The SMILES string of the molecule is NC1C=CC(C(=O)Nc2cccnc2Cl)C1. The van der Waals surface area contributed by atoms with Gasteiger partial charge >= 0.3 is 0 Å². The van der Waals surface area contributed by atoms with E-state index in [0.29, 0.717) is 17.3 Å². The minimum atomic E-state index is -0.175. The van der Waals surface area contributed by atoms with Crippen molar-refractivity contribution in [3.05, 3.63) is 35.6 Å². The maximum absolute atomic E-state index is 11.8. The van der Waals surface area contributed by atoms with Crippen LogP contribution < -0.4 is 11.1 Å². The fourth-order valence-electron chi connectivity index (χ4n) is 1.63. The molecule has 1 amide bonds. The van der Waals surface area contributed by atoms with E-state index < -0.39 is 0 Å². The van der Waals surface area contributed by atoms with Gasteiger partial charge in [-0.1, -0.05) is 23.8 Å². The molecule has 16 heavy (non-hydrogen) atoms. The van der Waals surface area contributed by atoms with Crippen molar-refractivity contribution in [2.45, 2.75) is 12.5 Å². The van der Waals surface area contributed by atoms with Crippen molar-refractivity contribution in [3.8, 4) is 0 Å². The number of carbonyl (C=O) groups is 1. The van der Waals surface area contributed by atoms with Gasteiger partial charge in [-0.3, -0.25) is 4.79 Å². The highest BCUT2D eigenvalue weighted by Crippen LogP contribution is 2.22. The van der Waals surface area contributed by atoms with Crippen LogP contribution in [0.5, 0.6) is 0 Å². The van der Waals surface area contributed by atoms with Crippen LogP contribution in [0.1, 0.15) is 6.42 Å². The summed E-state index contributed by atoms with van der Waals surface area (Å²) in [7, 11) is 0. The normalized spacial score (nSPS) is 23.4. The third-order valence-electron chi connectivity index (χ3n) is 2.47. The van der Waals surface area contributed by atoms with Gasteiger partial charge in [0.2, 0.25) is 5.91 Å². The first-order valence-corrected chi connectivity index (χ1v) is 5.40. The molecule has 0 fully saturated rings. The van der Waals surface area contributed by atoms with Gasteiger partial charge in [-0.05, 0) is 18.6 Å². The minimum absolute atomic E-state index is 0.0277. The monoisotopic (exact) mass is 237 g/mol. The fourth-order valence-corrected chi connectivity index (χ4v) is 1.79. The van der Waals surface area contributed by atoms with Gasteiger partial charge in [0.25, 0.3) is 0 Å². The van der Waals surface area contributed by atoms with Crippen molar-refractivity contribution < 1.29 is 4.79 Å². The first kappa shape index (κ1) is 11.1. The van der Waals surface area contributed by atoms with Crippen LogP contribution in [-0.2, 0) is 4.79 Å². The number of nitrogens with one attached hydrogen (secondary N) is 1. The Hall–Kier alpha value is -1.39. The van der Waals surface area contributed by atoms with Crippen molar-refractivity contribution in [3.63, 3.8) is 0 Å². The molecule has 5 heteroatoms. The van der Waals surface area contributed by atoms with E-state index in [1.807, 2.05) is 12.2 Å². The minimum Gasteiger partial charge on any atom is -0.324 e. The molecule has 1 aliphatic carbocycles. The van der Waals surface area contributed by atoms with Crippen molar-refractivity contribution >= 4 is 23.2 Å². The Kier molecular flexibility index (Phi) is 3.22. The zero-order chi connectivity index (χ0) is 11.5. The highest BCUT2D eigenvalue weighted by atomic mass is 35.5. The molecule has 0 saturated carbocycles. The molecule has 0 aromatic carbocycles. The fraction of sp³-hybridized carbons (Fsp3) is 0.273. The number of amides is 1. The highest BCUT2D eigenvalue weighted by molar-refractivity contribution is 6.32. The average Bonchev–Trinajstić information content (AvgIpc) is 2.68. The van der Waals surface area contributed by atoms with Crippen molar-refractivity contribution in [2.75, 3.05) is 5.32 Å². The summed E-state index contributed by atoms with van der Waals surface area (Å²) in [6.45, 7) is 0. The number of nitrogens with zero attached hydrogens (tertiary/aromatic N) is 1. The third kappa shape index (κ3) is 2.40. The van der Waals surface area contributed by atoms with Crippen LogP contribution in [0.15, 0.2) is 30.5 Å². The molecule has 0 spiro atoms. The van der Waals surface area contributed by atoms with Crippen LogP contribution >= 0.6 is 11.6 Å². The van der Waals surface area contributed by atoms with Crippen LogP contribution in [0.2, 0.25) is 5.15 Å². The Labute approximate surface area is 98.5 Å². The van der Waals surface area contributed by atoms with Gasteiger partial charge < -0.3 is 11.1 Å². The summed E-state index contributed by atoms with van der Waals surface area (Å²) in [5.41, 5.74) is 6.21. The Morgan fingerprint density at radius 2 is 2.38 bits per heavy atom. The molecule has 84 valence electrons. The molecule has 3 N–H and O–H groups in total. The molecule has 0 aliphatic heterocycles. The summed E-state index contributed by atoms with van der Waals surface area (Å²) >= 11 is 5.84. The van der Waals surface area contributed by atoms with Crippen LogP contribution in [-0.4, -0.2) is 16.9 Å². The lowest BCUT2D eigenvalue weighted by atomic mass is 10.1. The lowest BCUT2D eigenvalue weighted by molar-refractivity contribution is -0.118. The number of anilines is 1. The molecular formula is C11H12ClN3O. The number of rotatable bonds is 2. The van der Waals surface area contributed by atoms with Crippen LogP contribution in [0.25, 0.3) is 0 Å². The number of nitrogens with two attached hydrogens (primary N) is 1. The molecule has 2 atom stereocenters. The average molecular weight is 238 g/mol. The molecule has 0 saturated heterocycles. The van der Waals surface area contributed by atoms with E-state index in [4.69, 9.17) is 17.3 Å². The van der Waals surface area contributed by atoms with Gasteiger partial charge in [0.15, 0.2) is 5.15 Å². The predicted octanol–water partition coefficient (Wildman–Crippen LogP) is 1.58. The molecule has 0 bridgehead atoms. The summed E-state index contributed by atoms with van der Waals surface area (Å²) in [4.78, 5) is 15.7. The second kappa shape index (κ2) is 4.63. The molecule has 2 rings (SSSR count). The Balaban J connectivity index is 2.03. The Morgan fingerprint density at radius 1 is 1.56 bits per heavy atom. The first-order chi connectivity index (χ1) is 7.66. The summed E-state index contributed by atoms with van der Waals surface area (Å²) in [5, 5.41) is 3.03. The number of hydrogen-bond acceptors (Lipinski definition) is 3. The lowest BCUT2D eigenvalue weighted by Gasteiger charge is -2.10. The van der Waals surface area contributed by atoms with Crippen LogP contribution in [0, 0.1) is 5.92 Å². The van der Waals surface area contributed by atoms with E-state index in [0.717, 1.165) is 0 Å². The second-order valence-corrected chi connectivity index (χ2v) is 4.08. The second-order valence-electron chi connectivity index (χ2n) is 3.72.